The molecule has 4 aromatic rings. The number of fused-ring (bicyclic) bond motifs is 3. The summed E-state index contributed by atoms with van der Waals surface area (Å²) in [5.41, 5.74) is 1.69. The number of hydrogen-bond donors (Lipinski definition) is 0. The maximum absolute atomic E-state index is 14.1. The van der Waals surface area contributed by atoms with Gasteiger partial charge in [-0.3, -0.25) is 0 Å². The Kier molecular flexibility index (Phi) is 2.75. The Labute approximate surface area is 125 Å². The first kappa shape index (κ1) is 12.7. The lowest BCUT2D eigenvalue weighted by Crippen LogP contribution is -2.01. The van der Waals surface area contributed by atoms with Crippen molar-refractivity contribution >= 4 is 16.6 Å². The number of rotatable bonds is 2. The number of hydrogen-bond acceptors (Lipinski definition) is 4. The van der Waals surface area contributed by atoms with Crippen LogP contribution >= 0.6 is 0 Å². The lowest BCUT2D eigenvalue weighted by molar-refractivity contribution is 0.376. The second-order valence-electron chi connectivity index (χ2n) is 4.78. The van der Waals surface area contributed by atoms with Gasteiger partial charge in [0.25, 0.3) is 0 Å². The van der Waals surface area contributed by atoms with Crippen LogP contribution in [-0.2, 0) is 0 Å². The molecule has 0 unspecified atom stereocenters. The topological polar surface area (TPSA) is 52.3 Å². The van der Waals surface area contributed by atoms with Gasteiger partial charge < -0.3 is 4.74 Å². The predicted molar refractivity (Wildman–Crippen MR) is 80.2 cm³/mol. The molecule has 2 aromatic heterocycles. The van der Waals surface area contributed by atoms with E-state index in [1.165, 1.54) is 13.2 Å². The van der Waals surface area contributed by atoms with Crippen molar-refractivity contribution in [3.63, 3.8) is 0 Å². The van der Waals surface area contributed by atoms with Gasteiger partial charge in [-0.15, -0.1) is 10.2 Å². The van der Waals surface area contributed by atoms with E-state index in [2.05, 4.69) is 15.2 Å². The van der Waals surface area contributed by atoms with Gasteiger partial charge in [0, 0.05) is 5.39 Å². The largest absolute Gasteiger partial charge is 0.468 e. The highest BCUT2D eigenvalue weighted by atomic mass is 19.1. The second kappa shape index (κ2) is 4.77. The lowest BCUT2D eigenvalue weighted by atomic mass is 10.2. The van der Waals surface area contributed by atoms with E-state index >= 15 is 0 Å². The Morgan fingerprint density at radius 3 is 2.59 bits per heavy atom. The zero-order valence-electron chi connectivity index (χ0n) is 11.7. The standard InChI is InChI=1S/C16H11FN4O/c1-22-16-18-13-9-5-3-7-11(13)15-20-19-14(21(15)16)10-6-2-4-8-12(10)17/h2-9H,1H3. The minimum absolute atomic E-state index is 0.317. The summed E-state index contributed by atoms with van der Waals surface area (Å²) in [4.78, 5) is 4.45. The average molecular weight is 294 g/mol. The summed E-state index contributed by atoms with van der Waals surface area (Å²) in [5, 5.41) is 9.17. The third-order valence-corrected chi connectivity index (χ3v) is 3.51. The predicted octanol–water partition coefficient (Wildman–Crippen LogP) is 3.09. The van der Waals surface area contributed by atoms with Crippen LogP contribution < -0.4 is 4.74 Å². The highest BCUT2D eigenvalue weighted by Crippen LogP contribution is 2.28. The molecule has 0 fully saturated rings. The first-order valence-electron chi connectivity index (χ1n) is 6.72. The minimum atomic E-state index is -0.369. The first-order chi connectivity index (χ1) is 10.8. The van der Waals surface area contributed by atoms with Gasteiger partial charge in [-0.2, -0.15) is 4.98 Å². The van der Waals surface area contributed by atoms with Crippen LogP contribution in [0, 0.1) is 5.82 Å². The molecule has 22 heavy (non-hydrogen) atoms. The van der Waals surface area contributed by atoms with Gasteiger partial charge in [0.1, 0.15) is 5.82 Å². The van der Waals surface area contributed by atoms with Gasteiger partial charge in [0.2, 0.25) is 0 Å². The molecule has 2 heterocycles. The summed E-state index contributed by atoms with van der Waals surface area (Å²) in [5.74, 6) is -0.00443. The molecule has 0 radical (unpaired) electrons. The Hall–Kier alpha value is -3.02. The van der Waals surface area contributed by atoms with Crippen LogP contribution in [0.4, 0.5) is 4.39 Å². The van der Waals surface area contributed by atoms with E-state index in [0.717, 1.165) is 10.9 Å². The highest BCUT2D eigenvalue weighted by Gasteiger charge is 2.18. The van der Waals surface area contributed by atoms with Crippen molar-refractivity contribution < 1.29 is 9.13 Å². The minimum Gasteiger partial charge on any atom is -0.468 e. The normalized spacial score (nSPS) is 11.2. The summed E-state index contributed by atoms with van der Waals surface area (Å²) < 4.78 is 21.1. The molecular weight excluding hydrogens is 283 g/mol. The van der Waals surface area contributed by atoms with Crippen molar-refractivity contribution in [2.45, 2.75) is 0 Å². The lowest BCUT2D eigenvalue weighted by Gasteiger charge is -2.08. The fraction of sp³-hybridized carbons (Fsp3) is 0.0625. The number of methoxy groups -OCH3 is 1. The molecule has 0 amide bonds. The zero-order valence-corrected chi connectivity index (χ0v) is 11.7. The molecular formula is C16H11FN4O. The highest BCUT2D eigenvalue weighted by molar-refractivity contribution is 5.92. The zero-order chi connectivity index (χ0) is 15.1. The summed E-state index contributed by atoms with van der Waals surface area (Å²) in [7, 11) is 1.52. The molecule has 5 nitrogen and oxygen atoms in total. The number of aromatic nitrogens is 4. The van der Waals surface area contributed by atoms with Crippen LogP contribution in [-0.4, -0.2) is 26.7 Å². The molecule has 2 aromatic carbocycles. The summed E-state index contributed by atoms with van der Waals surface area (Å²) in [6.07, 6.45) is 0. The van der Waals surface area contributed by atoms with Crippen molar-refractivity contribution in [2.24, 2.45) is 0 Å². The molecule has 0 aliphatic rings. The molecule has 0 atom stereocenters. The van der Waals surface area contributed by atoms with Gasteiger partial charge in [-0.05, 0) is 24.3 Å². The molecule has 0 bridgehead atoms. The molecule has 0 aliphatic heterocycles. The monoisotopic (exact) mass is 294 g/mol. The Morgan fingerprint density at radius 2 is 1.77 bits per heavy atom. The molecule has 0 saturated carbocycles. The van der Waals surface area contributed by atoms with Crippen molar-refractivity contribution in [1.82, 2.24) is 19.6 Å². The molecule has 4 rings (SSSR count). The van der Waals surface area contributed by atoms with E-state index in [-0.39, 0.29) is 5.82 Å². The van der Waals surface area contributed by atoms with E-state index < -0.39 is 0 Å². The van der Waals surface area contributed by atoms with Crippen LogP contribution in [0.15, 0.2) is 48.5 Å². The van der Waals surface area contributed by atoms with Crippen molar-refractivity contribution in [1.29, 1.82) is 0 Å². The first-order valence-corrected chi connectivity index (χ1v) is 6.72. The summed E-state index contributed by atoms with van der Waals surface area (Å²) in [6, 6.07) is 14.3. The van der Waals surface area contributed by atoms with Crippen molar-refractivity contribution in [3.8, 4) is 17.4 Å². The van der Waals surface area contributed by atoms with Gasteiger partial charge in [0.15, 0.2) is 11.5 Å². The van der Waals surface area contributed by atoms with Gasteiger partial charge in [-0.1, -0.05) is 24.3 Å². The molecule has 6 heteroatoms. The number of nitrogens with zero attached hydrogens (tertiary/aromatic N) is 4. The molecule has 0 spiro atoms. The maximum Gasteiger partial charge on any atom is 0.304 e. The fourth-order valence-electron chi connectivity index (χ4n) is 2.51. The van der Waals surface area contributed by atoms with Crippen LogP contribution in [0.3, 0.4) is 0 Å². The van der Waals surface area contributed by atoms with Gasteiger partial charge in [0.05, 0.1) is 18.2 Å². The van der Waals surface area contributed by atoms with E-state index in [4.69, 9.17) is 4.74 Å². The van der Waals surface area contributed by atoms with Crippen molar-refractivity contribution in [2.75, 3.05) is 7.11 Å². The summed E-state index contributed by atoms with van der Waals surface area (Å²) in [6.45, 7) is 0. The third-order valence-electron chi connectivity index (χ3n) is 3.51. The van der Waals surface area contributed by atoms with Gasteiger partial charge >= 0.3 is 6.01 Å². The number of benzene rings is 2. The Morgan fingerprint density at radius 1 is 1.00 bits per heavy atom. The van der Waals surface area contributed by atoms with Crippen LogP contribution in [0.1, 0.15) is 0 Å². The third kappa shape index (κ3) is 1.74. The molecule has 0 N–H and O–H groups in total. The van der Waals surface area contributed by atoms with E-state index in [1.54, 1.807) is 22.6 Å². The second-order valence-corrected chi connectivity index (χ2v) is 4.78. The Bertz CT molecular complexity index is 996. The number of halogens is 1. The quantitative estimate of drug-likeness (QED) is 0.570. The van der Waals surface area contributed by atoms with Crippen molar-refractivity contribution in [3.05, 3.63) is 54.3 Å². The molecule has 0 saturated heterocycles. The van der Waals surface area contributed by atoms with E-state index in [0.29, 0.717) is 23.0 Å². The average Bonchev–Trinajstić information content (AvgIpc) is 2.99. The van der Waals surface area contributed by atoms with Crippen LogP contribution in [0.5, 0.6) is 6.01 Å². The van der Waals surface area contributed by atoms with E-state index in [1.807, 2.05) is 24.3 Å². The summed E-state index contributed by atoms with van der Waals surface area (Å²) >= 11 is 0. The number of ether oxygens (including phenoxy) is 1. The maximum atomic E-state index is 14.1. The van der Waals surface area contributed by atoms with E-state index in [9.17, 15) is 4.39 Å². The smallest absolute Gasteiger partial charge is 0.304 e. The Balaban J connectivity index is 2.14. The molecule has 0 aliphatic carbocycles. The van der Waals surface area contributed by atoms with Gasteiger partial charge in [-0.25, -0.2) is 8.79 Å². The number of para-hydroxylation sites is 1. The van der Waals surface area contributed by atoms with Crippen LogP contribution in [0.25, 0.3) is 27.9 Å². The van der Waals surface area contributed by atoms with Crippen LogP contribution in [0.2, 0.25) is 0 Å². The SMILES string of the molecule is COc1nc2ccccc2c2nnc(-c3ccccc3F)n12. The fourth-order valence-corrected chi connectivity index (χ4v) is 2.51. The molecule has 108 valence electrons.